The zero-order valence-electron chi connectivity index (χ0n) is 12.4. The summed E-state index contributed by atoms with van der Waals surface area (Å²) in [5.41, 5.74) is 1.92. The number of aliphatic hydroxyl groups is 1. The van der Waals surface area contributed by atoms with Gasteiger partial charge < -0.3 is 14.8 Å². The SMILES string of the molecule is CC(O)(CNCc1cc(-c2ccccc2)n[nH]1)c1ccco1. The molecule has 0 spiro atoms. The molecule has 2 aromatic heterocycles. The third-order valence-electron chi connectivity index (χ3n) is 3.54. The Balaban J connectivity index is 1.58. The van der Waals surface area contributed by atoms with E-state index >= 15 is 0 Å². The van der Waals surface area contributed by atoms with Crippen LogP contribution in [0.5, 0.6) is 0 Å². The van der Waals surface area contributed by atoms with E-state index in [9.17, 15) is 5.11 Å². The Kier molecular flexibility index (Phi) is 4.09. The molecule has 3 aromatic rings. The Morgan fingerprint density at radius 3 is 2.77 bits per heavy atom. The van der Waals surface area contributed by atoms with Gasteiger partial charge in [0.1, 0.15) is 11.4 Å². The Morgan fingerprint density at radius 1 is 1.23 bits per heavy atom. The Hall–Kier alpha value is -2.37. The number of benzene rings is 1. The number of hydrogen-bond acceptors (Lipinski definition) is 4. The van der Waals surface area contributed by atoms with Crippen LogP contribution in [0.2, 0.25) is 0 Å². The summed E-state index contributed by atoms with van der Waals surface area (Å²) in [7, 11) is 0. The highest BCUT2D eigenvalue weighted by Gasteiger charge is 2.25. The lowest BCUT2D eigenvalue weighted by molar-refractivity contribution is 0.0339. The van der Waals surface area contributed by atoms with E-state index in [4.69, 9.17) is 4.42 Å². The molecule has 1 unspecified atom stereocenters. The molecule has 22 heavy (non-hydrogen) atoms. The zero-order chi connectivity index (χ0) is 15.4. The molecule has 0 saturated carbocycles. The summed E-state index contributed by atoms with van der Waals surface area (Å²) in [6.45, 7) is 2.71. The summed E-state index contributed by atoms with van der Waals surface area (Å²) in [4.78, 5) is 0. The van der Waals surface area contributed by atoms with Crippen molar-refractivity contribution < 1.29 is 9.52 Å². The average molecular weight is 297 g/mol. The van der Waals surface area contributed by atoms with Gasteiger partial charge >= 0.3 is 0 Å². The molecule has 1 aromatic carbocycles. The van der Waals surface area contributed by atoms with E-state index in [1.165, 1.54) is 0 Å². The highest BCUT2D eigenvalue weighted by Crippen LogP contribution is 2.20. The number of furan rings is 1. The standard InChI is InChI=1S/C17H19N3O2/c1-17(21,16-8-5-9-22-16)12-18-11-14-10-15(20-19-14)13-6-3-2-4-7-13/h2-10,18,21H,11-12H2,1H3,(H,19,20). The fourth-order valence-corrected chi connectivity index (χ4v) is 2.32. The largest absolute Gasteiger partial charge is 0.466 e. The van der Waals surface area contributed by atoms with Gasteiger partial charge in [-0.05, 0) is 25.1 Å². The number of nitrogens with one attached hydrogen (secondary N) is 2. The molecule has 1 atom stereocenters. The molecule has 5 nitrogen and oxygen atoms in total. The van der Waals surface area contributed by atoms with Crippen LogP contribution in [-0.4, -0.2) is 21.8 Å². The van der Waals surface area contributed by atoms with Gasteiger partial charge in [-0.15, -0.1) is 0 Å². The first-order chi connectivity index (χ1) is 10.6. The minimum atomic E-state index is -1.04. The van der Waals surface area contributed by atoms with Crippen molar-refractivity contribution in [3.05, 3.63) is 66.2 Å². The minimum Gasteiger partial charge on any atom is -0.466 e. The number of aromatic nitrogens is 2. The molecular formula is C17H19N3O2. The van der Waals surface area contributed by atoms with Crippen molar-refractivity contribution in [2.45, 2.75) is 19.1 Å². The predicted octanol–water partition coefficient (Wildman–Crippen LogP) is 2.67. The van der Waals surface area contributed by atoms with Crippen LogP contribution in [-0.2, 0) is 12.1 Å². The summed E-state index contributed by atoms with van der Waals surface area (Å²) >= 11 is 0. The van der Waals surface area contributed by atoms with Crippen LogP contribution in [0.4, 0.5) is 0 Å². The molecule has 0 saturated heterocycles. The normalized spacial score (nSPS) is 13.9. The van der Waals surface area contributed by atoms with Crippen molar-refractivity contribution in [1.29, 1.82) is 0 Å². The number of rotatable bonds is 6. The lowest BCUT2D eigenvalue weighted by Gasteiger charge is -2.20. The maximum absolute atomic E-state index is 10.4. The summed E-state index contributed by atoms with van der Waals surface area (Å²) in [6, 6.07) is 15.5. The fourth-order valence-electron chi connectivity index (χ4n) is 2.32. The first-order valence-electron chi connectivity index (χ1n) is 7.22. The smallest absolute Gasteiger partial charge is 0.136 e. The van der Waals surface area contributed by atoms with Crippen LogP contribution in [0.15, 0.2) is 59.2 Å². The van der Waals surface area contributed by atoms with Gasteiger partial charge in [0.05, 0.1) is 12.0 Å². The van der Waals surface area contributed by atoms with Crippen LogP contribution in [0.3, 0.4) is 0 Å². The highest BCUT2D eigenvalue weighted by molar-refractivity contribution is 5.58. The topological polar surface area (TPSA) is 74.1 Å². The monoisotopic (exact) mass is 297 g/mol. The van der Waals surface area contributed by atoms with E-state index in [0.29, 0.717) is 18.8 Å². The third-order valence-corrected chi connectivity index (χ3v) is 3.54. The van der Waals surface area contributed by atoms with E-state index in [-0.39, 0.29) is 0 Å². The maximum Gasteiger partial charge on any atom is 0.136 e. The second-order valence-corrected chi connectivity index (χ2v) is 5.50. The van der Waals surface area contributed by atoms with Crippen LogP contribution >= 0.6 is 0 Å². The van der Waals surface area contributed by atoms with Gasteiger partial charge in [0.25, 0.3) is 0 Å². The van der Waals surface area contributed by atoms with Gasteiger partial charge in [0, 0.05) is 24.3 Å². The molecule has 0 aliphatic heterocycles. The van der Waals surface area contributed by atoms with Crippen molar-refractivity contribution in [2.24, 2.45) is 0 Å². The molecule has 0 radical (unpaired) electrons. The third kappa shape index (κ3) is 3.27. The number of aromatic amines is 1. The highest BCUT2D eigenvalue weighted by atomic mass is 16.4. The van der Waals surface area contributed by atoms with Crippen LogP contribution in [0.1, 0.15) is 18.4 Å². The summed E-state index contributed by atoms with van der Waals surface area (Å²) in [5, 5.41) is 20.9. The van der Waals surface area contributed by atoms with Gasteiger partial charge in [-0.25, -0.2) is 0 Å². The average Bonchev–Trinajstić information content (AvgIpc) is 3.20. The molecule has 3 N–H and O–H groups in total. The van der Waals surface area contributed by atoms with Crippen LogP contribution in [0, 0.1) is 0 Å². The zero-order valence-corrected chi connectivity index (χ0v) is 12.4. The van der Waals surface area contributed by atoms with Crippen molar-refractivity contribution in [3.8, 4) is 11.3 Å². The Labute approximate surface area is 129 Å². The summed E-state index contributed by atoms with van der Waals surface area (Å²) < 4.78 is 5.25. The second-order valence-electron chi connectivity index (χ2n) is 5.50. The first kappa shape index (κ1) is 14.6. The molecule has 0 aliphatic rings. The molecule has 0 bridgehead atoms. The number of hydrogen-bond donors (Lipinski definition) is 3. The Bertz CT molecular complexity index is 703. The molecule has 0 aliphatic carbocycles. The van der Waals surface area contributed by atoms with Crippen molar-refractivity contribution in [2.75, 3.05) is 6.54 Å². The first-order valence-corrected chi connectivity index (χ1v) is 7.22. The van der Waals surface area contributed by atoms with Crippen molar-refractivity contribution in [1.82, 2.24) is 15.5 Å². The molecule has 114 valence electrons. The van der Waals surface area contributed by atoms with Gasteiger partial charge in [0.2, 0.25) is 0 Å². The lowest BCUT2D eigenvalue weighted by atomic mass is 10.0. The summed E-state index contributed by atoms with van der Waals surface area (Å²) in [5.74, 6) is 0.551. The van der Waals surface area contributed by atoms with Gasteiger partial charge in [0.15, 0.2) is 0 Å². The van der Waals surface area contributed by atoms with Gasteiger partial charge in [-0.2, -0.15) is 5.10 Å². The molecular weight excluding hydrogens is 278 g/mol. The van der Waals surface area contributed by atoms with E-state index < -0.39 is 5.60 Å². The quantitative estimate of drug-likeness (QED) is 0.654. The van der Waals surface area contributed by atoms with Gasteiger partial charge in [-0.1, -0.05) is 30.3 Å². The van der Waals surface area contributed by atoms with E-state index in [0.717, 1.165) is 17.0 Å². The fraction of sp³-hybridized carbons (Fsp3) is 0.235. The van der Waals surface area contributed by atoms with Crippen molar-refractivity contribution in [3.63, 3.8) is 0 Å². The van der Waals surface area contributed by atoms with Crippen molar-refractivity contribution >= 4 is 0 Å². The molecule has 5 heteroatoms. The molecule has 0 fully saturated rings. The second kappa shape index (κ2) is 6.17. The van der Waals surface area contributed by atoms with Gasteiger partial charge in [-0.3, -0.25) is 5.10 Å². The van der Waals surface area contributed by atoms with E-state index in [1.807, 2.05) is 36.4 Å². The van der Waals surface area contributed by atoms with E-state index in [1.54, 1.807) is 25.3 Å². The predicted molar refractivity (Wildman–Crippen MR) is 84.0 cm³/mol. The van der Waals surface area contributed by atoms with Crippen LogP contribution in [0.25, 0.3) is 11.3 Å². The lowest BCUT2D eigenvalue weighted by Crippen LogP contribution is -2.34. The van der Waals surface area contributed by atoms with Crippen LogP contribution < -0.4 is 5.32 Å². The maximum atomic E-state index is 10.4. The van der Waals surface area contributed by atoms with E-state index in [2.05, 4.69) is 15.5 Å². The summed E-state index contributed by atoms with van der Waals surface area (Å²) in [6.07, 6.45) is 1.56. The number of nitrogens with zero attached hydrogens (tertiary/aromatic N) is 1. The number of H-pyrrole nitrogens is 1. The Morgan fingerprint density at radius 2 is 2.05 bits per heavy atom. The molecule has 3 rings (SSSR count). The minimum absolute atomic E-state index is 0.389. The molecule has 2 heterocycles. The molecule has 0 amide bonds.